The van der Waals surface area contributed by atoms with Crippen LogP contribution >= 0.6 is 0 Å². The molecule has 1 aliphatic rings. The van der Waals surface area contributed by atoms with Gasteiger partial charge in [-0.15, -0.1) is 13.2 Å². The standard InChI is InChI=1S/C26H32F3N3O/c1-16(2)18-6-8-19(9-7-18)30-24-31-22-11-10-21(33-26(27,28)29)13-23(22)32(24)20-12-17(3)14-25(4,5)15-20/h6-11,13,16-17,20H,12,14-15H2,1-5H3,(H,30,31). The summed E-state index contributed by atoms with van der Waals surface area (Å²) >= 11 is 0. The molecule has 4 nitrogen and oxygen atoms in total. The van der Waals surface area contributed by atoms with E-state index in [-0.39, 0.29) is 17.2 Å². The third kappa shape index (κ3) is 5.45. The Kier molecular flexibility index (Phi) is 6.10. The Labute approximate surface area is 193 Å². The molecule has 7 heteroatoms. The van der Waals surface area contributed by atoms with Crippen LogP contribution in [0.15, 0.2) is 42.5 Å². The second kappa shape index (κ2) is 8.58. The lowest BCUT2D eigenvalue weighted by Crippen LogP contribution is -2.29. The number of anilines is 2. The van der Waals surface area contributed by atoms with Gasteiger partial charge in [0.1, 0.15) is 5.75 Å². The number of imidazole rings is 1. The normalized spacial score (nSPS) is 20.9. The van der Waals surface area contributed by atoms with Gasteiger partial charge in [0, 0.05) is 17.8 Å². The zero-order valence-corrected chi connectivity index (χ0v) is 19.8. The van der Waals surface area contributed by atoms with Gasteiger partial charge in [0.15, 0.2) is 0 Å². The molecule has 0 amide bonds. The molecule has 2 unspecified atom stereocenters. The lowest BCUT2D eigenvalue weighted by Gasteiger charge is -2.40. The van der Waals surface area contributed by atoms with E-state index < -0.39 is 6.36 Å². The highest BCUT2D eigenvalue weighted by Crippen LogP contribution is 2.46. The van der Waals surface area contributed by atoms with Gasteiger partial charge < -0.3 is 14.6 Å². The number of aromatic nitrogens is 2. The maximum atomic E-state index is 12.9. The van der Waals surface area contributed by atoms with Crippen LogP contribution < -0.4 is 10.1 Å². The monoisotopic (exact) mass is 459 g/mol. The topological polar surface area (TPSA) is 39.1 Å². The zero-order chi connectivity index (χ0) is 24.0. The molecule has 33 heavy (non-hydrogen) atoms. The number of alkyl halides is 3. The Bertz CT molecular complexity index is 1120. The first kappa shape index (κ1) is 23.5. The van der Waals surface area contributed by atoms with Gasteiger partial charge in [0.25, 0.3) is 0 Å². The second-order valence-corrected chi connectivity index (χ2v) is 10.5. The van der Waals surface area contributed by atoms with E-state index >= 15 is 0 Å². The fourth-order valence-corrected chi connectivity index (χ4v) is 5.30. The summed E-state index contributed by atoms with van der Waals surface area (Å²) in [7, 11) is 0. The Morgan fingerprint density at radius 3 is 2.39 bits per heavy atom. The van der Waals surface area contributed by atoms with E-state index in [1.54, 1.807) is 6.07 Å². The van der Waals surface area contributed by atoms with Crippen molar-refractivity contribution in [3.63, 3.8) is 0 Å². The fraction of sp³-hybridized carbons (Fsp3) is 0.500. The van der Waals surface area contributed by atoms with E-state index in [1.807, 2.05) is 12.1 Å². The minimum Gasteiger partial charge on any atom is -0.406 e. The van der Waals surface area contributed by atoms with E-state index in [2.05, 4.69) is 61.4 Å². The van der Waals surface area contributed by atoms with Gasteiger partial charge >= 0.3 is 6.36 Å². The molecule has 1 fully saturated rings. The molecule has 0 saturated heterocycles. The molecule has 0 bridgehead atoms. The molecule has 1 saturated carbocycles. The van der Waals surface area contributed by atoms with Gasteiger partial charge in [-0.05, 0) is 66.3 Å². The smallest absolute Gasteiger partial charge is 0.406 e. The highest BCUT2D eigenvalue weighted by Gasteiger charge is 2.35. The van der Waals surface area contributed by atoms with Crippen LogP contribution in [0.25, 0.3) is 11.0 Å². The van der Waals surface area contributed by atoms with Gasteiger partial charge in [0.05, 0.1) is 11.0 Å². The van der Waals surface area contributed by atoms with Crippen molar-refractivity contribution in [2.45, 2.75) is 72.2 Å². The Morgan fingerprint density at radius 2 is 1.79 bits per heavy atom. The van der Waals surface area contributed by atoms with Crippen LogP contribution in [0.2, 0.25) is 0 Å². The summed E-state index contributed by atoms with van der Waals surface area (Å²) in [6.45, 7) is 11.0. The van der Waals surface area contributed by atoms with Crippen molar-refractivity contribution >= 4 is 22.7 Å². The average molecular weight is 460 g/mol. The molecule has 1 heterocycles. The van der Waals surface area contributed by atoms with Gasteiger partial charge in [-0.2, -0.15) is 0 Å². The Hall–Kier alpha value is -2.70. The number of nitrogens with one attached hydrogen (secondary N) is 1. The quantitative estimate of drug-likeness (QED) is 0.418. The largest absolute Gasteiger partial charge is 0.573 e. The number of hydrogen-bond donors (Lipinski definition) is 1. The summed E-state index contributed by atoms with van der Waals surface area (Å²) in [4.78, 5) is 4.77. The van der Waals surface area contributed by atoms with Crippen LogP contribution in [0.1, 0.15) is 71.4 Å². The van der Waals surface area contributed by atoms with Crippen molar-refractivity contribution in [1.29, 1.82) is 0 Å². The average Bonchev–Trinajstić information content (AvgIpc) is 3.02. The van der Waals surface area contributed by atoms with E-state index in [1.165, 1.54) is 17.7 Å². The van der Waals surface area contributed by atoms with Crippen LogP contribution in [-0.2, 0) is 0 Å². The predicted molar refractivity (Wildman–Crippen MR) is 126 cm³/mol. The molecule has 0 spiro atoms. The highest BCUT2D eigenvalue weighted by molar-refractivity contribution is 5.81. The molecular formula is C26H32F3N3O. The molecule has 0 aliphatic heterocycles. The van der Waals surface area contributed by atoms with Crippen LogP contribution in [0.5, 0.6) is 5.75 Å². The Morgan fingerprint density at radius 1 is 1.09 bits per heavy atom. The number of fused-ring (bicyclic) bond motifs is 1. The number of halogens is 3. The summed E-state index contributed by atoms with van der Waals surface area (Å²) in [5.74, 6) is 1.35. The molecule has 1 aromatic heterocycles. The first-order chi connectivity index (χ1) is 15.4. The predicted octanol–water partition coefficient (Wildman–Crippen LogP) is 8.19. The summed E-state index contributed by atoms with van der Waals surface area (Å²) in [6, 6.07) is 12.7. The van der Waals surface area contributed by atoms with E-state index in [9.17, 15) is 13.2 Å². The van der Waals surface area contributed by atoms with Crippen molar-refractivity contribution in [1.82, 2.24) is 9.55 Å². The molecule has 1 aliphatic carbocycles. The summed E-state index contributed by atoms with van der Waals surface area (Å²) in [5, 5.41) is 3.42. The van der Waals surface area contributed by atoms with E-state index in [0.717, 1.165) is 24.9 Å². The minimum absolute atomic E-state index is 0.118. The molecule has 178 valence electrons. The first-order valence-electron chi connectivity index (χ1n) is 11.5. The van der Waals surface area contributed by atoms with Crippen molar-refractivity contribution in [2.75, 3.05) is 5.32 Å². The number of hydrogen-bond acceptors (Lipinski definition) is 3. The molecule has 2 atom stereocenters. The third-order valence-corrected chi connectivity index (χ3v) is 6.46. The molecule has 0 radical (unpaired) electrons. The van der Waals surface area contributed by atoms with Crippen LogP contribution in [0.4, 0.5) is 24.8 Å². The lowest BCUT2D eigenvalue weighted by molar-refractivity contribution is -0.274. The van der Waals surface area contributed by atoms with Crippen molar-refractivity contribution in [3.8, 4) is 5.75 Å². The first-order valence-corrected chi connectivity index (χ1v) is 11.5. The number of benzene rings is 2. The molecule has 3 aromatic rings. The highest BCUT2D eigenvalue weighted by atomic mass is 19.4. The second-order valence-electron chi connectivity index (χ2n) is 10.5. The molecule has 2 aromatic carbocycles. The van der Waals surface area contributed by atoms with Gasteiger partial charge in [-0.1, -0.05) is 46.8 Å². The van der Waals surface area contributed by atoms with Crippen molar-refractivity contribution < 1.29 is 17.9 Å². The number of nitrogens with zero attached hydrogens (tertiary/aromatic N) is 2. The maximum absolute atomic E-state index is 12.9. The summed E-state index contributed by atoms with van der Waals surface area (Å²) in [6.07, 6.45) is -1.74. The SMILES string of the molecule is CC1CC(n2c(Nc3ccc(C(C)C)cc3)nc3ccc(OC(F)(F)F)cc32)CC(C)(C)C1. The van der Waals surface area contributed by atoms with Gasteiger partial charge in [-0.25, -0.2) is 4.98 Å². The third-order valence-electron chi connectivity index (χ3n) is 6.46. The van der Waals surface area contributed by atoms with E-state index in [4.69, 9.17) is 4.98 Å². The molecule has 4 rings (SSSR count). The van der Waals surface area contributed by atoms with Crippen LogP contribution in [-0.4, -0.2) is 15.9 Å². The van der Waals surface area contributed by atoms with Crippen molar-refractivity contribution in [2.24, 2.45) is 11.3 Å². The van der Waals surface area contributed by atoms with Crippen LogP contribution in [0, 0.1) is 11.3 Å². The maximum Gasteiger partial charge on any atom is 0.573 e. The summed E-state index contributed by atoms with van der Waals surface area (Å²) < 4.78 is 44.9. The van der Waals surface area contributed by atoms with Gasteiger partial charge in [0.2, 0.25) is 5.95 Å². The fourth-order valence-electron chi connectivity index (χ4n) is 5.30. The number of rotatable bonds is 5. The molecular weight excluding hydrogens is 427 g/mol. The number of ether oxygens (including phenoxy) is 1. The lowest BCUT2D eigenvalue weighted by atomic mass is 9.70. The summed E-state index contributed by atoms with van der Waals surface area (Å²) in [5.41, 5.74) is 3.56. The van der Waals surface area contributed by atoms with Crippen molar-refractivity contribution in [3.05, 3.63) is 48.0 Å². The van der Waals surface area contributed by atoms with Crippen LogP contribution in [0.3, 0.4) is 0 Å². The minimum atomic E-state index is -4.74. The Balaban J connectivity index is 1.78. The molecule has 1 N–H and O–H groups in total. The zero-order valence-electron chi connectivity index (χ0n) is 19.8. The van der Waals surface area contributed by atoms with E-state index in [0.29, 0.717) is 28.8 Å². The van der Waals surface area contributed by atoms with Gasteiger partial charge in [-0.3, -0.25) is 0 Å².